The Balaban J connectivity index is 2.14. The molecule has 0 bridgehead atoms. The Morgan fingerprint density at radius 1 is 1.29 bits per heavy atom. The second kappa shape index (κ2) is 5.67. The third-order valence-electron chi connectivity index (χ3n) is 3.75. The van der Waals surface area contributed by atoms with Crippen LogP contribution in [0.3, 0.4) is 0 Å². The summed E-state index contributed by atoms with van der Waals surface area (Å²) in [6, 6.07) is 0.234. The van der Waals surface area contributed by atoms with Gasteiger partial charge in [0.2, 0.25) is 5.91 Å². The highest BCUT2D eigenvalue weighted by Crippen LogP contribution is 2.29. The molecule has 0 saturated carbocycles. The minimum absolute atomic E-state index is 0.192. The normalized spacial score (nSPS) is 18.9. The molecule has 2 heterocycles. The number of amides is 1. The number of hydrogen-bond donors (Lipinski definition) is 0. The molecule has 8 heteroatoms. The SMILES string of the molecule is Cc1cc(C(F)(F)F)nn1C(C)C(=O)N1CCN(C)CC1. The lowest BCUT2D eigenvalue weighted by molar-refractivity contribution is -0.142. The quantitative estimate of drug-likeness (QED) is 0.832. The lowest BCUT2D eigenvalue weighted by Crippen LogP contribution is -2.49. The van der Waals surface area contributed by atoms with Crippen LogP contribution >= 0.6 is 0 Å². The van der Waals surface area contributed by atoms with E-state index in [1.54, 1.807) is 11.8 Å². The highest BCUT2D eigenvalue weighted by molar-refractivity contribution is 5.80. The van der Waals surface area contributed by atoms with Gasteiger partial charge in [-0.25, -0.2) is 0 Å². The summed E-state index contributed by atoms with van der Waals surface area (Å²) < 4.78 is 39.2. The third kappa shape index (κ3) is 3.37. The van der Waals surface area contributed by atoms with Crippen LogP contribution in [-0.4, -0.2) is 58.7 Å². The molecule has 5 nitrogen and oxygen atoms in total. The maximum absolute atomic E-state index is 12.7. The van der Waals surface area contributed by atoms with Gasteiger partial charge in [0, 0.05) is 31.9 Å². The first kappa shape index (κ1) is 15.8. The number of halogens is 3. The summed E-state index contributed by atoms with van der Waals surface area (Å²) in [5.74, 6) is -0.192. The first-order chi connectivity index (χ1) is 9.70. The van der Waals surface area contributed by atoms with Crippen molar-refractivity contribution < 1.29 is 18.0 Å². The van der Waals surface area contributed by atoms with Crippen LogP contribution in [-0.2, 0) is 11.0 Å². The Bertz CT molecular complexity index is 518. The largest absolute Gasteiger partial charge is 0.435 e. The van der Waals surface area contributed by atoms with Crippen molar-refractivity contribution >= 4 is 5.91 Å². The highest BCUT2D eigenvalue weighted by Gasteiger charge is 2.36. The highest BCUT2D eigenvalue weighted by atomic mass is 19.4. The zero-order chi connectivity index (χ0) is 15.8. The van der Waals surface area contributed by atoms with Crippen molar-refractivity contribution in [2.45, 2.75) is 26.1 Å². The maximum Gasteiger partial charge on any atom is 0.435 e. The van der Waals surface area contributed by atoms with Crippen LogP contribution in [0.4, 0.5) is 13.2 Å². The fourth-order valence-electron chi connectivity index (χ4n) is 2.41. The van der Waals surface area contributed by atoms with Crippen LogP contribution in [0.2, 0.25) is 0 Å². The monoisotopic (exact) mass is 304 g/mol. The number of nitrogens with zero attached hydrogens (tertiary/aromatic N) is 4. The van der Waals surface area contributed by atoms with E-state index in [0.717, 1.165) is 23.8 Å². The zero-order valence-electron chi connectivity index (χ0n) is 12.3. The van der Waals surface area contributed by atoms with Crippen LogP contribution in [0.15, 0.2) is 6.07 Å². The van der Waals surface area contributed by atoms with E-state index in [9.17, 15) is 18.0 Å². The molecule has 0 aromatic carbocycles. The van der Waals surface area contributed by atoms with Gasteiger partial charge >= 0.3 is 6.18 Å². The molecule has 1 amide bonds. The number of aromatic nitrogens is 2. The van der Waals surface area contributed by atoms with E-state index in [2.05, 4.69) is 10.00 Å². The second-order valence-electron chi connectivity index (χ2n) is 5.42. The summed E-state index contributed by atoms with van der Waals surface area (Å²) in [7, 11) is 1.97. The van der Waals surface area contributed by atoms with Gasteiger partial charge in [0.05, 0.1) is 0 Å². The van der Waals surface area contributed by atoms with Gasteiger partial charge in [0.15, 0.2) is 5.69 Å². The number of aryl methyl sites for hydroxylation is 1. The molecule has 118 valence electrons. The predicted octanol–water partition coefficient (Wildman–Crippen LogP) is 1.55. The minimum atomic E-state index is -4.49. The van der Waals surface area contributed by atoms with E-state index in [1.165, 1.54) is 6.92 Å². The summed E-state index contributed by atoms with van der Waals surface area (Å²) in [5, 5.41) is 3.55. The fourth-order valence-corrected chi connectivity index (χ4v) is 2.41. The van der Waals surface area contributed by atoms with Gasteiger partial charge in [-0.2, -0.15) is 18.3 Å². The molecule has 1 saturated heterocycles. The van der Waals surface area contributed by atoms with Gasteiger partial charge in [-0.05, 0) is 27.0 Å². The molecule has 1 aliphatic heterocycles. The molecule has 21 heavy (non-hydrogen) atoms. The Hall–Kier alpha value is -1.57. The van der Waals surface area contributed by atoms with Crippen LogP contribution in [0.5, 0.6) is 0 Å². The second-order valence-corrected chi connectivity index (χ2v) is 5.42. The molecule has 1 aliphatic rings. The zero-order valence-corrected chi connectivity index (χ0v) is 12.3. The smallest absolute Gasteiger partial charge is 0.338 e. The summed E-state index contributed by atoms with van der Waals surface area (Å²) >= 11 is 0. The van der Waals surface area contributed by atoms with Gasteiger partial charge < -0.3 is 9.80 Å². The van der Waals surface area contributed by atoms with Crippen LogP contribution in [0.1, 0.15) is 24.4 Å². The first-order valence-electron chi connectivity index (χ1n) is 6.81. The number of alkyl halides is 3. The molecular formula is C13H19F3N4O. The van der Waals surface area contributed by atoms with Gasteiger partial charge in [-0.3, -0.25) is 9.48 Å². The molecule has 2 rings (SSSR count). The van der Waals surface area contributed by atoms with Crippen molar-refractivity contribution in [3.8, 4) is 0 Å². The van der Waals surface area contributed by atoms with E-state index in [4.69, 9.17) is 0 Å². The average Bonchev–Trinajstić information content (AvgIpc) is 2.80. The van der Waals surface area contributed by atoms with E-state index in [-0.39, 0.29) is 5.91 Å². The third-order valence-corrected chi connectivity index (χ3v) is 3.75. The molecule has 1 atom stereocenters. The predicted molar refractivity (Wildman–Crippen MR) is 70.8 cm³/mol. The number of piperazine rings is 1. The summed E-state index contributed by atoms with van der Waals surface area (Å²) in [6.45, 7) is 5.82. The van der Waals surface area contributed by atoms with Crippen molar-refractivity contribution in [3.63, 3.8) is 0 Å². The molecule has 0 N–H and O–H groups in total. The Kier molecular flexibility index (Phi) is 4.27. The Morgan fingerprint density at radius 3 is 2.33 bits per heavy atom. The molecule has 0 spiro atoms. The standard InChI is InChI=1S/C13H19F3N4O/c1-9-8-11(13(14,15)16)17-20(9)10(2)12(21)19-6-4-18(3)5-7-19/h8,10H,4-7H2,1-3H3. The maximum atomic E-state index is 12.7. The van der Waals surface area contributed by atoms with Crippen LogP contribution in [0, 0.1) is 6.92 Å². The number of carbonyl (C=O) groups is 1. The van der Waals surface area contributed by atoms with Crippen molar-refractivity contribution in [1.82, 2.24) is 19.6 Å². The van der Waals surface area contributed by atoms with Gasteiger partial charge in [0.25, 0.3) is 0 Å². The number of rotatable bonds is 2. The Morgan fingerprint density at radius 2 is 1.86 bits per heavy atom. The summed E-state index contributed by atoms with van der Waals surface area (Å²) in [4.78, 5) is 16.2. The Labute approximate surface area is 121 Å². The van der Waals surface area contributed by atoms with E-state index >= 15 is 0 Å². The van der Waals surface area contributed by atoms with E-state index in [1.807, 2.05) is 7.05 Å². The molecule has 1 aromatic heterocycles. The molecule has 1 unspecified atom stereocenters. The van der Waals surface area contributed by atoms with Crippen molar-refractivity contribution in [3.05, 3.63) is 17.5 Å². The summed E-state index contributed by atoms with van der Waals surface area (Å²) in [6.07, 6.45) is -4.49. The molecule has 0 aliphatic carbocycles. The van der Waals surface area contributed by atoms with Gasteiger partial charge in [-0.1, -0.05) is 0 Å². The fraction of sp³-hybridized carbons (Fsp3) is 0.692. The first-order valence-corrected chi connectivity index (χ1v) is 6.81. The summed E-state index contributed by atoms with van der Waals surface area (Å²) in [5.41, 5.74) is -0.629. The van der Waals surface area contributed by atoms with Gasteiger partial charge in [0.1, 0.15) is 6.04 Å². The number of likely N-dealkylation sites (N-methyl/N-ethyl adjacent to an activating group) is 1. The lowest BCUT2D eigenvalue weighted by Gasteiger charge is -2.34. The number of carbonyl (C=O) groups excluding carboxylic acids is 1. The molecule has 1 fully saturated rings. The minimum Gasteiger partial charge on any atom is -0.338 e. The van der Waals surface area contributed by atoms with Crippen LogP contribution in [0.25, 0.3) is 0 Å². The van der Waals surface area contributed by atoms with E-state index < -0.39 is 17.9 Å². The van der Waals surface area contributed by atoms with Gasteiger partial charge in [-0.15, -0.1) is 0 Å². The van der Waals surface area contributed by atoms with Crippen molar-refractivity contribution in [1.29, 1.82) is 0 Å². The average molecular weight is 304 g/mol. The van der Waals surface area contributed by atoms with Crippen molar-refractivity contribution in [2.24, 2.45) is 0 Å². The topological polar surface area (TPSA) is 41.4 Å². The molecular weight excluding hydrogens is 285 g/mol. The van der Waals surface area contributed by atoms with E-state index in [0.29, 0.717) is 18.8 Å². The molecule has 0 radical (unpaired) electrons. The molecule has 1 aromatic rings. The van der Waals surface area contributed by atoms with Crippen LogP contribution < -0.4 is 0 Å². The lowest BCUT2D eigenvalue weighted by atomic mass is 10.2. The number of hydrogen-bond acceptors (Lipinski definition) is 3. The van der Waals surface area contributed by atoms with Crippen molar-refractivity contribution in [2.75, 3.05) is 33.2 Å².